The van der Waals surface area contributed by atoms with Crippen molar-refractivity contribution in [1.29, 1.82) is 0 Å². The Balaban J connectivity index is 1.39. The normalized spacial score (nSPS) is 42.2. The molecule has 1 amide bonds. The molecule has 32 heavy (non-hydrogen) atoms. The van der Waals surface area contributed by atoms with Crippen molar-refractivity contribution in [3.63, 3.8) is 0 Å². The number of alkyl carbamates (subject to hydrolysis) is 1. The maximum Gasteiger partial charge on any atom is 0.407 e. The van der Waals surface area contributed by atoms with Crippen molar-refractivity contribution in [3.8, 4) is 0 Å². The van der Waals surface area contributed by atoms with Crippen LogP contribution in [0.5, 0.6) is 0 Å². The number of carbonyl (C=O) groups is 1. The van der Waals surface area contributed by atoms with E-state index in [2.05, 4.69) is 39.1 Å². The monoisotopic (exact) mass is 443 g/mol. The van der Waals surface area contributed by atoms with E-state index in [0.29, 0.717) is 16.7 Å². The number of fused-ring (bicyclic) bond motifs is 5. The van der Waals surface area contributed by atoms with E-state index in [9.17, 15) is 4.79 Å². The van der Waals surface area contributed by atoms with Gasteiger partial charge in [0, 0.05) is 6.54 Å². The van der Waals surface area contributed by atoms with Crippen molar-refractivity contribution in [2.45, 2.75) is 112 Å². The van der Waals surface area contributed by atoms with Crippen LogP contribution in [0.2, 0.25) is 0 Å². The summed E-state index contributed by atoms with van der Waals surface area (Å²) in [5, 5.41) is 2.99. The first-order valence-corrected chi connectivity index (χ1v) is 13.6. The van der Waals surface area contributed by atoms with Crippen LogP contribution in [0.1, 0.15) is 106 Å². The highest BCUT2D eigenvalue weighted by molar-refractivity contribution is 5.67. The van der Waals surface area contributed by atoms with Gasteiger partial charge in [-0.1, -0.05) is 39.3 Å². The second kappa shape index (κ2) is 8.66. The van der Waals surface area contributed by atoms with Gasteiger partial charge in [0.05, 0.1) is 0 Å². The lowest BCUT2D eigenvalue weighted by Gasteiger charge is -2.58. The number of nitrogens with one attached hydrogen (secondary N) is 1. The summed E-state index contributed by atoms with van der Waals surface area (Å²) in [5.41, 5.74) is 2.35. The van der Waals surface area contributed by atoms with Crippen LogP contribution in [0.15, 0.2) is 11.6 Å². The highest BCUT2D eigenvalue weighted by Crippen LogP contribution is 2.67. The van der Waals surface area contributed by atoms with Gasteiger partial charge in [-0.05, 0) is 125 Å². The first kappa shape index (κ1) is 24.1. The smallest absolute Gasteiger partial charge is 0.407 e. The minimum atomic E-state index is -0.429. The van der Waals surface area contributed by atoms with E-state index in [0.717, 1.165) is 42.6 Å². The first-order chi connectivity index (χ1) is 14.9. The maximum absolute atomic E-state index is 12.0. The molecule has 0 spiro atoms. The molecule has 0 aliphatic heterocycles. The number of carbonyl (C=O) groups excluding carboxylic acids is 1. The molecule has 8 atom stereocenters. The zero-order valence-electron chi connectivity index (χ0n) is 21.9. The fraction of sp³-hybridized carbons (Fsp3) is 0.897. The minimum Gasteiger partial charge on any atom is -0.444 e. The number of hydrogen-bond donors (Lipinski definition) is 1. The molecule has 182 valence electrons. The third-order valence-electron chi connectivity index (χ3n) is 10.4. The SMILES string of the molecule is C[C@H]1CC[C@@]2(C)C(=CC[C@H]3[C@@H]4CC[C@H]([C@H](C)CCNC(=O)OC(C)(C)C)[C@@]4(C)CC[C@@H]32)C1. The zero-order valence-corrected chi connectivity index (χ0v) is 21.9. The Morgan fingerprint density at radius 2 is 1.91 bits per heavy atom. The van der Waals surface area contributed by atoms with Gasteiger partial charge < -0.3 is 10.1 Å². The molecule has 4 aliphatic rings. The molecular formula is C29H49NO2. The van der Waals surface area contributed by atoms with Crippen molar-refractivity contribution in [3.05, 3.63) is 11.6 Å². The Kier molecular flexibility index (Phi) is 6.53. The number of rotatable bonds is 4. The first-order valence-electron chi connectivity index (χ1n) is 13.6. The second-order valence-electron chi connectivity index (χ2n) is 13.5. The quantitative estimate of drug-likeness (QED) is 0.451. The summed E-state index contributed by atoms with van der Waals surface area (Å²) in [7, 11) is 0. The third kappa shape index (κ3) is 4.39. The van der Waals surface area contributed by atoms with Crippen molar-refractivity contribution in [2.75, 3.05) is 6.54 Å². The van der Waals surface area contributed by atoms with E-state index in [1.165, 1.54) is 51.4 Å². The van der Waals surface area contributed by atoms with E-state index in [1.807, 2.05) is 26.3 Å². The molecular weight excluding hydrogens is 394 g/mol. The van der Waals surface area contributed by atoms with E-state index < -0.39 is 5.60 Å². The van der Waals surface area contributed by atoms with Gasteiger partial charge in [0.25, 0.3) is 0 Å². The van der Waals surface area contributed by atoms with Gasteiger partial charge in [-0.3, -0.25) is 0 Å². The summed E-state index contributed by atoms with van der Waals surface area (Å²) in [4.78, 5) is 12.0. The topological polar surface area (TPSA) is 38.3 Å². The number of hydrogen-bond acceptors (Lipinski definition) is 2. The fourth-order valence-electron chi connectivity index (χ4n) is 8.74. The van der Waals surface area contributed by atoms with Gasteiger partial charge in [-0.25, -0.2) is 4.79 Å². The van der Waals surface area contributed by atoms with E-state index in [4.69, 9.17) is 4.74 Å². The van der Waals surface area contributed by atoms with Gasteiger partial charge >= 0.3 is 6.09 Å². The van der Waals surface area contributed by atoms with E-state index in [1.54, 1.807) is 0 Å². The summed E-state index contributed by atoms with van der Waals surface area (Å²) >= 11 is 0. The van der Waals surface area contributed by atoms with Crippen molar-refractivity contribution < 1.29 is 9.53 Å². The Bertz CT molecular complexity index is 736. The van der Waals surface area contributed by atoms with Crippen LogP contribution in [0.25, 0.3) is 0 Å². The van der Waals surface area contributed by atoms with Crippen LogP contribution >= 0.6 is 0 Å². The molecule has 0 aromatic heterocycles. The molecule has 0 bridgehead atoms. The molecule has 0 aromatic carbocycles. The Labute approximate surface area is 197 Å². The van der Waals surface area contributed by atoms with Crippen LogP contribution in [0.4, 0.5) is 4.79 Å². The average molecular weight is 444 g/mol. The molecule has 4 aliphatic carbocycles. The lowest BCUT2D eigenvalue weighted by molar-refractivity contribution is -0.0520. The van der Waals surface area contributed by atoms with Crippen LogP contribution in [-0.4, -0.2) is 18.2 Å². The number of amides is 1. The fourth-order valence-corrected chi connectivity index (χ4v) is 8.74. The summed E-state index contributed by atoms with van der Waals surface area (Å²) < 4.78 is 5.41. The molecule has 3 nitrogen and oxygen atoms in total. The average Bonchev–Trinajstić information content (AvgIpc) is 3.04. The Hall–Kier alpha value is -0.990. The molecule has 0 saturated heterocycles. The lowest BCUT2D eigenvalue weighted by Crippen LogP contribution is -2.50. The standard InChI is InChI=1S/C29H49NO2/c1-19-12-15-28(6)21(18-19)8-9-22-24-11-10-23(29(24,7)16-13-25(22)28)20(2)14-17-30-26(31)32-27(3,4)5/h8,19-20,22-25H,9-18H2,1-7H3,(H,30,31)/t19-,20+,22-,23+,24-,25-,28-,29+/m0/s1. The summed E-state index contributed by atoms with van der Waals surface area (Å²) in [5.74, 6) is 5.02. The van der Waals surface area contributed by atoms with Gasteiger partial charge in [-0.15, -0.1) is 0 Å². The third-order valence-corrected chi connectivity index (χ3v) is 10.4. The van der Waals surface area contributed by atoms with Crippen LogP contribution < -0.4 is 5.32 Å². The van der Waals surface area contributed by atoms with E-state index >= 15 is 0 Å². The molecule has 4 rings (SSSR count). The molecule has 3 saturated carbocycles. The predicted molar refractivity (Wildman–Crippen MR) is 132 cm³/mol. The van der Waals surface area contributed by atoms with Gasteiger partial charge in [-0.2, -0.15) is 0 Å². The number of allylic oxidation sites excluding steroid dienone is 2. The summed E-state index contributed by atoms with van der Waals surface area (Å²) in [6.45, 7) is 16.6. The highest BCUT2D eigenvalue weighted by Gasteiger charge is 2.58. The van der Waals surface area contributed by atoms with Gasteiger partial charge in [0.1, 0.15) is 5.60 Å². The summed E-state index contributed by atoms with van der Waals surface area (Å²) in [6, 6.07) is 0. The zero-order chi connectivity index (χ0) is 23.3. The molecule has 3 fully saturated rings. The Morgan fingerprint density at radius 1 is 1.16 bits per heavy atom. The molecule has 0 aromatic rings. The van der Waals surface area contributed by atoms with Gasteiger partial charge in [0.2, 0.25) is 0 Å². The van der Waals surface area contributed by atoms with Crippen LogP contribution in [0.3, 0.4) is 0 Å². The highest BCUT2D eigenvalue weighted by atomic mass is 16.6. The second-order valence-corrected chi connectivity index (χ2v) is 13.5. The molecule has 0 heterocycles. The minimum absolute atomic E-state index is 0.277. The van der Waals surface area contributed by atoms with E-state index in [-0.39, 0.29) is 6.09 Å². The summed E-state index contributed by atoms with van der Waals surface area (Å²) in [6.07, 6.45) is 14.6. The number of ether oxygens (including phenoxy) is 1. The predicted octanol–water partition coefficient (Wildman–Crippen LogP) is 7.75. The van der Waals surface area contributed by atoms with Gasteiger partial charge in [0.15, 0.2) is 0 Å². The lowest BCUT2D eigenvalue weighted by atomic mass is 9.46. The molecule has 1 N–H and O–H groups in total. The molecule has 0 radical (unpaired) electrons. The van der Waals surface area contributed by atoms with Crippen LogP contribution in [0, 0.1) is 46.3 Å². The maximum atomic E-state index is 12.0. The molecule has 0 unspecified atom stereocenters. The largest absolute Gasteiger partial charge is 0.444 e. The Morgan fingerprint density at radius 3 is 2.62 bits per heavy atom. The van der Waals surface area contributed by atoms with Crippen molar-refractivity contribution in [1.82, 2.24) is 5.32 Å². The van der Waals surface area contributed by atoms with Crippen LogP contribution in [-0.2, 0) is 4.74 Å². The van der Waals surface area contributed by atoms with Crippen molar-refractivity contribution >= 4 is 6.09 Å². The van der Waals surface area contributed by atoms with Crippen molar-refractivity contribution in [2.24, 2.45) is 46.3 Å². The molecule has 3 heteroatoms.